The van der Waals surface area contributed by atoms with Gasteiger partial charge in [-0.15, -0.1) is 0 Å². The Morgan fingerprint density at radius 1 is 1.27 bits per heavy atom. The standard InChI is InChI=1S/C21H29NO4/c23-14-16-26-15-5-4-13-22-19(9-6-10-21(22)25)11-12-20(24)17-18-7-2-1-3-8-18/h1-3,7-8,19-20,23-24H,6,9-17H2/t19?,20-/m1/s1. The van der Waals surface area contributed by atoms with Gasteiger partial charge in [0.2, 0.25) is 5.91 Å². The summed E-state index contributed by atoms with van der Waals surface area (Å²) in [7, 11) is 0. The number of ether oxygens (including phenoxy) is 1. The van der Waals surface area contributed by atoms with Gasteiger partial charge in [0.15, 0.2) is 0 Å². The van der Waals surface area contributed by atoms with Crippen LogP contribution in [-0.2, 0) is 16.0 Å². The molecule has 1 heterocycles. The predicted octanol–water partition coefficient (Wildman–Crippen LogP) is 1.76. The second-order valence-electron chi connectivity index (χ2n) is 6.62. The molecular weight excluding hydrogens is 330 g/mol. The van der Waals surface area contributed by atoms with Gasteiger partial charge in [0, 0.05) is 12.5 Å². The molecule has 26 heavy (non-hydrogen) atoms. The molecule has 0 aliphatic carbocycles. The lowest BCUT2D eigenvalue weighted by Crippen LogP contribution is -2.44. The van der Waals surface area contributed by atoms with Crippen LogP contribution in [0.15, 0.2) is 30.3 Å². The summed E-state index contributed by atoms with van der Waals surface area (Å²) in [6.45, 7) is 0.933. The monoisotopic (exact) mass is 359 g/mol. The Morgan fingerprint density at radius 3 is 2.85 bits per heavy atom. The molecule has 2 N–H and O–H groups in total. The van der Waals surface area contributed by atoms with Crippen molar-refractivity contribution in [2.75, 3.05) is 26.4 Å². The minimum Gasteiger partial charge on any atom is -0.394 e. The zero-order chi connectivity index (χ0) is 18.6. The number of carbonyl (C=O) groups excluding carboxylic acids is 1. The molecule has 5 heteroatoms. The van der Waals surface area contributed by atoms with Crippen molar-refractivity contribution in [3.8, 4) is 11.8 Å². The number of hydrogen-bond donors (Lipinski definition) is 2. The number of benzene rings is 1. The molecule has 2 rings (SSSR count). The molecule has 0 aromatic heterocycles. The van der Waals surface area contributed by atoms with Crippen LogP contribution in [-0.4, -0.2) is 59.5 Å². The molecule has 0 spiro atoms. The molecule has 142 valence electrons. The van der Waals surface area contributed by atoms with Gasteiger partial charge in [-0.1, -0.05) is 42.2 Å². The van der Waals surface area contributed by atoms with Crippen molar-refractivity contribution in [1.82, 2.24) is 4.90 Å². The van der Waals surface area contributed by atoms with Crippen molar-refractivity contribution in [2.24, 2.45) is 0 Å². The summed E-state index contributed by atoms with van der Waals surface area (Å²) in [6.07, 6.45) is 4.16. The number of rotatable bonds is 9. The minimum atomic E-state index is -0.394. The second kappa shape index (κ2) is 11.7. The van der Waals surface area contributed by atoms with Crippen LogP contribution in [0.3, 0.4) is 0 Å². The fraction of sp³-hybridized carbons (Fsp3) is 0.571. The number of aliphatic hydroxyl groups is 2. The van der Waals surface area contributed by atoms with E-state index in [1.54, 1.807) is 0 Å². The van der Waals surface area contributed by atoms with E-state index in [1.807, 2.05) is 35.2 Å². The first kappa shape index (κ1) is 20.4. The van der Waals surface area contributed by atoms with Crippen LogP contribution in [0.1, 0.15) is 37.7 Å². The highest BCUT2D eigenvalue weighted by Gasteiger charge is 2.27. The fourth-order valence-corrected chi connectivity index (χ4v) is 3.26. The summed E-state index contributed by atoms with van der Waals surface area (Å²) in [4.78, 5) is 14.1. The topological polar surface area (TPSA) is 70.0 Å². The van der Waals surface area contributed by atoms with Crippen LogP contribution in [0, 0.1) is 11.8 Å². The summed E-state index contributed by atoms with van der Waals surface area (Å²) >= 11 is 0. The van der Waals surface area contributed by atoms with Gasteiger partial charge in [0.1, 0.15) is 6.61 Å². The van der Waals surface area contributed by atoms with Gasteiger partial charge >= 0.3 is 0 Å². The van der Waals surface area contributed by atoms with E-state index < -0.39 is 6.10 Å². The maximum atomic E-state index is 12.2. The van der Waals surface area contributed by atoms with Gasteiger partial charge in [-0.05, 0) is 37.7 Å². The molecule has 5 nitrogen and oxygen atoms in total. The Labute approximate surface area is 156 Å². The van der Waals surface area contributed by atoms with Crippen molar-refractivity contribution in [3.05, 3.63) is 35.9 Å². The first-order valence-corrected chi connectivity index (χ1v) is 9.36. The zero-order valence-electron chi connectivity index (χ0n) is 15.3. The second-order valence-corrected chi connectivity index (χ2v) is 6.62. The van der Waals surface area contributed by atoms with E-state index in [0.717, 1.165) is 24.8 Å². The highest BCUT2D eigenvalue weighted by Crippen LogP contribution is 2.22. The van der Waals surface area contributed by atoms with Crippen LogP contribution in [0.4, 0.5) is 0 Å². The predicted molar refractivity (Wildman–Crippen MR) is 100 cm³/mol. The summed E-state index contributed by atoms with van der Waals surface area (Å²) in [5.41, 5.74) is 1.13. The normalized spacial score (nSPS) is 18.3. The minimum absolute atomic E-state index is 0.0142. The molecule has 1 saturated heterocycles. The fourth-order valence-electron chi connectivity index (χ4n) is 3.26. The molecule has 0 saturated carbocycles. The average molecular weight is 359 g/mol. The van der Waals surface area contributed by atoms with E-state index >= 15 is 0 Å². The summed E-state index contributed by atoms with van der Waals surface area (Å²) < 4.78 is 5.10. The van der Waals surface area contributed by atoms with Crippen molar-refractivity contribution in [2.45, 2.75) is 50.7 Å². The number of piperidine rings is 1. The van der Waals surface area contributed by atoms with Gasteiger partial charge in [0.25, 0.3) is 0 Å². The number of hydrogen-bond acceptors (Lipinski definition) is 4. The van der Waals surface area contributed by atoms with E-state index in [4.69, 9.17) is 9.84 Å². The van der Waals surface area contributed by atoms with Crippen molar-refractivity contribution >= 4 is 5.91 Å². The molecule has 1 unspecified atom stereocenters. The van der Waals surface area contributed by atoms with Crippen LogP contribution in [0.5, 0.6) is 0 Å². The molecule has 1 fully saturated rings. The highest BCUT2D eigenvalue weighted by atomic mass is 16.5. The van der Waals surface area contributed by atoms with E-state index in [1.165, 1.54) is 0 Å². The molecule has 1 aromatic rings. The average Bonchev–Trinajstić information content (AvgIpc) is 2.65. The summed E-state index contributed by atoms with van der Waals surface area (Å²) in [5, 5.41) is 19.0. The van der Waals surface area contributed by atoms with Gasteiger partial charge < -0.3 is 19.8 Å². The Bertz CT molecular complexity index is 593. The largest absolute Gasteiger partial charge is 0.394 e. The maximum Gasteiger partial charge on any atom is 0.223 e. The van der Waals surface area contributed by atoms with Crippen molar-refractivity contribution in [3.63, 3.8) is 0 Å². The van der Waals surface area contributed by atoms with E-state index in [9.17, 15) is 9.90 Å². The highest BCUT2D eigenvalue weighted by molar-refractivity contribution is 5.77. The number of aliphatic hydroxyl groups excluding tert-OH is 2. The molecule has 2 atom stereocenters. The summed E-state index contributed by atoms with van der Waals surface area (Å²) in [6, 6.07) is 10.1. The molecule has 1 aromatic carbocycles. The Morgan fingerprint density at radius 2 is 2.08 bits per heavy atom. The number of nitrogens with zero attached hydrogens (tertiary/aromatic N) is 1. The molecule has 1 amide bonds. The summed E-state index contributed by atoms with van der Waals surface area (Å²) in [5.74, 6) is 6.01. The van der Waals surface area contributed by atoms with Crippen LogP contribution < -0.4 is 0 Å². The third-order valence-corrected chi connectivity index (χ3v) is 4.62. The van der Waals surface area contributed by atoms with E-state index in [2.05, 4.69) is 11.8 Å². The number of likely N-dealkylation sites (tertiary alicyclic amines) is 1. The third kappa shape index (κ3) is 7.17. The molecule has 1 aliphatic rings. The molecular formula is C21H29NO4. The first-order chi connectivity index (χ1) is 12.7. The van der Waals surface area contributed by atoms with Crippen LogP contribution in [0.2, 0.25) is 0 Å². The van der Waals surface area contributed by atoms with Gasteiger partial charge in [-0.25, -0.2) is 0 Å². The number of carbonyl (C=O) groups is 1. The smallest absolute Gasteiger partial charge is 0.223 e. The third-order valence-electron chi connectivity index (χ3n) is 4.62. The van der Waals surface area contributed by atoms with Crippen molar-refractivity contribution in [1.29, 1.82) is 0 Å². The lowest BCUT2D eigenvalue weighted by Gasteiger charge is -2.35. The zero-order valence-corrected chi connectivity index (χ0v) is 15.3. The van der Waals surface area contributed by atoms with Gasteiger partial charge in [-0.2, -0.15) is 0 Å². The van der Waals surface area contributed by atoms with Crippen molar-refractivity contribution < 1.29 is 19.7 Å². The quantitative estimate of drug-likeness (QED) is 0.521. The Hall–Kier alpha value is -1.87. The first-order valence-electron chi connectivity index (χ1n) is 9.36. The number of amides is 1. The van der Waals surface area contributed by atoms with Crippen LogP contribution >= 0.6 is 0 Å². The van der Waals surface area contributed by atoms with Gasteiger partial charge in [-0.3, -0.25) is 4.79 Å². The van der Waals surface area contributed by atoms with E-state index in [-0.39, 0.29) is 31.8 Å². The molecule has 1 aliphatic heterocycles. The van der Waals surface area contributed by atoms with Crippen LogP contribution in [0.25, 0.3) is 0 Å². The van der Waals surface area contributed by atoms with Gasteiger partial charge in [0.05, 0.1) is 25.9 Å². The molecule has 0 bridgehead atoms. The Balaban J connectivity index is 1.79. The molecule has 0 radical (unpaired) electrons. The lowest BCUT2D eigenvalue weighted by atomic mass is 9.94. The Kier molecular flexibility index (Phi) is 9.19. The maximum absolute atomic E-state index is 12.2. The lowest BCUT2D eigenvalue weighted by molar-refractivity contribution is -0.135. The SMILES string of the molecule is O=C1CCCC(CC[C@@H](O)Cc2ccccc2)N1CC#CCOCCO. The van der Waals surface area contributed by atoms with E-state index in [0.29, 0.717) is 25.8 Å².